The van der Waals surface area contributed by atoms with Crippen LogP contribution in [0.5, 0.6) is 5.75 Å². The molecular weight excluding hydrogens is 400 g/mol. The smallest absolute Gasteiger partial charge is 0.261 e. The highest BCUT2D eigenvalue weighted by molar-refractivity contribution is 7.98. The zero-order chi connectivity index (χ0) is 20.6. The van der Waals surface area contributed by atoms with Crippen LogP contribution in [0.15, 0.2) is 47.1 Å². The molecule has 0 bridgehead atoms. The molecule has 9 heteroatoms. The van der Waals surface area contributed by atoms with Crippen molar-refractivity contribution in [3.05, 3.63) is 48.4 Å². The molecule has 0 saturated heterocycles. The minimum Gasteiger partial charge on any atom is -0.481 e. The molecule has 1 aromatic carbocycles. The van der Waals surface area contributed by atoms with Gasteiger partial charge in [-0.05, 0) is 42.8 Å². The second-order valence-electron chi connectivity index (χ2n) is 6.16. The lowest BCUT2D eigenvalue weighted by Gasteiger charge is -2.19. The molecule has 1 aromatic heterocycles. The maximum atomic E-state index is 12.3. The molecule has 7 nitrogen and oxygen atoms in total. The van der Waals surface area contributed by atoms with Gasteiger partial charge in [-0.15, -0.1) is 0 Å². The van der Waals surface area contributed by atoms with Crippen molar-refractivity contribution in [2.24, 2.45) is 0 Å². The van der Waals surface area contributed by atoms with Crippen molar-refractivity contribution in [1.29, 1.82) is 0 Å². The summed E-state index contributed by atoms with van der Waals surface area (Å²) >= 11 is 1.68. The van der Waals surface area contributed by atoms with Gasteiger partial charge >= 0.3 is 0 Å². The Hall–Kier alpha value is -2.13. The lowest BCUT2D eigenvalue weighted by atomic mass is 10.2. The Morgan fingerprint density at radius 1 is 1.29 bits per heavy atom. The fourth-order valence-electron chi connectivity index (χ4n) is 2.34. The lowest BCUT2D eigenvalue weighted by Crippen LogP contribution is -2.39. The van der Waals surface area contributed by atoms with E-state index in [-0.39, 0.29) is 5.91 Å². The Labute approximate surface area is 170 Å². The minimum atomic E-state index is -3.32. The van der Waals surface area contributed by atoms with Crippen LogP contribution in [0.3, 0.4) is 0 Å². The van der Waals surface area contributed by atoms with Crippen molar-refractivity contribution in [2.75, 3.05) is 29.9 Å². The third kappa shape index (κ3) is 6.79. The Morgan fingerprint density at radius 2 is 2.00 bits per heavy atom. The van der Waals surface area contributed by atoms with E-state index in [0.717, 1.165) is 23.5 Å². The van der Waals surface area contributed by atoms with Crippen molar-refractivity contribution in [3.63, 3.8) is 0 Å². The molecule has 1 N–H and O–H groups in total. The van der Waals surface area contributed by atoms with Gasteiger partial charge in [0.05, 0.1) is 24.0 Å². The van der Waals surface area contributed by atoms with E-state index in [2.05, 4.69) is 5.32 Å². The highest BCUT2D eigenvalue weighted by Crippen LogP contribution is 2.21. The summed E-state index contributed by atoms with van der Waals surface area (Å²) in [5.74, 6) is 2.80. The number of benzene rings is 1. The summed E-state index contributed by atoms with van der Waals surface area (Å²) in [6, 6.07) is 10.4. The highest BCUT2D eigenvalue weighted by atomic mass is 32.2. The number of nitrogens with one attached hydrogen (secondary N) is 1. The number of anilines is 1. The fourth-order valence-corrected chi connectivity index (χ4v) is 3.60. The number of nitrogens with zero attached hydrogens (tertiary/aromatic N) is 1. The van der Waals surface area contributed by atoms with E-state index in [1.54, 1.807) is 42.3 Å². The summed E-state index contributed by atoms with van der Waals surface area (Å²) < 4.78 is 35.4. The van der Waals surface area contributed by atoms with Gasteiger partial charge in [-0.2, -0.15) is 11.8 Å². The van der Waals surface area contributed by atoms with Crippen LogP contribution in [-0.4, -0.2) is 46.0 Å². The normalized spacial score (nSPS) is 12.4. The predicted molar refractivity (Wildman–Crippen MR) is 112 cm³/mol. The average molecular weight is 427 g/mol. The lowest BCUT2D eigenvalue weighted by molar-refractivity contribution is -0.127. The second kappa shape index (κ2) is 10.4. The molecule has 0 aliphatic heterocycles. The molecule has 2 rings (SSSR count). The number of furan rings is 1. The van der Waals surface area contributed by atoms with E-state index in [1.165, 1.54) is 11.4 Å². The first-order chi connectivity index (χ1) is 13.3. The van der Waals surface area contributed by atoms with Gasteiger partial charge in [-0.3, -0.25) is 9.10 Å². The predicted octanol–water partition coefficient (Wildman–Crippen LogP) is 2.88. The van der Waals surface area contributed by atoms with Gasteiger partial charge in [0.1, 0.15) is 11.5 Å². The molecule has 0 unspecified atom stereocenters. The number of thioether (sulfide) groups is 1. The molecule has 1 amide bonds. The van der Waals surface area contributed by atoms with Crippen LogP contribution in [0, 0.1) is 0 Å². The third-order valence-electron chi connectivity index (χ3n) is 4.01. The molecule has 2 aromatic rings. The number of sulfonamides is 1. The number of rotatable bonds is 11. The van der Waals surface area contributed by atoms with Gasteiger partial charge in [-0.25, -0.2) is 8.42 Å². The zero-order valence-corrected chi connectivity index (χ0v) is 17.9. The van der Waals surface area contributed by atoms with Gasteiger partial charge in [-0.1, -0.05) is 6.92 Å². The highest BCUT2D eigenvalue weighted by Gasteiger charge is 2.18. The first-order valence-corrected chi connectivity index (χ1v) is 11.9. The quantitative estimate of drug-likeness (QED) is 0.556. The molecule has 28 heavy (non-hydrogen) atoms. The molecule has 154 valence electrons. The van der Waals surface area contributed by atoms with Crippen LogP contribution in [-0.2, 0) is 20.6 Å². The molecular formula is C19H26N2O5S2. The summed E-state index contributed by atoms with van der Waals surface area (Å²) in [4.78, 5) is 12.3. The molecule has 0 fully saturated rings. The van der Waals surface area contributed by atoms with Crippen LogP contribution in [0.1, 0.15) is 19.1 Å². The van der Waals surface area contributed by atoms with Gasteiger partial charge in [0.2, 0.25) is 10.0 Å². The van der Waals surface area contributed by atoms with E-state index >= 15 is 0 Å². The average Bonchev–Trinajstić information content (AvgIpc) is 3.18. The summed E-state index contributed by atoms with van der Waals surface area (Å²) in [5, 5.41) is 2.88. The molecule has 1 heterocycles. The Kier molecular flexibility index (Phi) is 8.25. The molecule has 0 radical (unpaired) electrons. The number of ether oxygens (including phenoxy) is 1. The van der Waals surface area contributed by atoms with Gasteiger partial charge < -0.3 is 14.5 Å². The Bertz CT molecular complexity index is 836. The molecule has 0 aliphatic carbocycles. The van der Waals surface area contributed by atoms with Crippen LogP contribution < -0.4 is 14.4 Å². The van der Waals surface area contributed by atoms with Crippen LogP contribution in [0.4, 0.5) is 5.69 Å². The topological polar surface area (TPSA) is 88.8 Å². The second-order valence-corrected chi connectivity index (χ2v) is 9.28. The van der Waals surface area contributed by atoms with Gasteiger partial charge in [0.15, 0.2) is 6.10 Å². The van der Waals surface area contributed by atoms with E-state index < -0.39 is 16.1 Å². The largest absolute Gasteiger partial charge is 0.481 e. The van der Waals surface area contributed by atoms with Crippen molar-refractivity contribution >= 4 is 33.4 Å². The number of amides is 1. The first-order valence-electron chi connectivity index (χ1n) is 8.89. The standard InChI is InChI=1S/C19H26N2O5S2/c1-4-18(19(22)20-11-13-27-14-17-6-5-12-25-17)26-16-9-7-15(8-10-16)21(2)28(3,23)24/h5-10,12,18H,4,11,13-14H2,1-3H3,(H,20,22)/t18-/m0/s1. The number of hydrogen-bond acceptors (Lipinski definition) is 6. The maximum absolute atomic E-state index is 12.3. The van der Waals surface area contributed by atoms with E-state index in [9.17, 15) is 13.2 Å². The number of hydrogen-bond donors (Lipinski definition) is 1. The minimum absolute atomic E-state index is 0.168. The van der Waals surface area contributed by atoms with Crippen molar-refractivity contribution < 1.29 is 22.4 Å². The number of carbonyl (C=O) groups is 1. The van der Waals surface area contributed by atoms with Crippen molar-refractivity contribution in [2.45, 2.75) is 25.2 Å². The summed E-state index contributed by atoms with van der Waals surface area (Å²) in [5.41, 5.74) is 0.529. The van der Waals surface area contributed by atoms with Crippen molar-refractivity contribution in [3.8, 4) is 5.75 Å². The summed E-state index contributed by atoms with van der Waals surface area (Å²) in [6.45, 7) is 2.42. The summed E-state index contributed by atoms with van der Waals surface area (Å²) in [7, 11) is -1.84. The van der Waals surface area contributed by atoms with Crippen LogP contribution in [0.2, 0.25) is 0 Å². The van der Waals surface area contributed by atoms with E-state index in [1.807, 2.05) is 19.1 Å². The monoisotopic (exact) mass is 426 g/mol. The fraction of sp³-hybridized carbons (Fsp3) is 0.421. The van der Waals surface area contributed by atoms with Gasteiger partial charge in [0, 0.05) is 19.3 Å². The maximum Gasteiger partial charge on any atom is 0.261 e. The van der Waals surface area contributed by atoms with E-state index in [0.29, 0.717) is 24.4 Å². The summed E-state index contributed by atoms with van der Waals surface area (Å²) in [6.07, 6.45) is 2.71. The third-order valence-corrected chi connectivity index (χ3v) is 6.20. The Balaban J connectivity index is 1.79. The van der Waals surface area contributed by atoms with Crippen LogP contribution in [0.25, 0.3) is 0 Å². The molecule has 1 atom stereocenters. The molecule has 0 aliphatic rings. The molecule has 0 spiro atoms. The van der Waals surface area contributed by atoms with Crippen molar-refractivity contribution in [1.82, 2.24) is 5.32 Å². The van der Waals surface area contributed by atoms with E-state index in [4.69, 9.17) is 9.15 Å². The Morgan fingerprint density at radius 3 is 2.57 bits per heavy atom. The zero-order valence-electron chi connectivity index (χ0n) is 16.3. The van der Waals surface area contributed by atoms with Crippen LogP contribution >= 0.6 is 11.8 Å². The number of carbonyl (C=O) groups excluding carboxylic acids is 1. The SMILES string of the molecule is CC[C@H](Oc1ccc(N(C)S(C)(=O)=O)cc1)C(=O)NCCSCc1ccco1. The molecule has 0 saturated carbocycles. The van der Waals surface area contributed by atoms with Gasteiger partial charge in [0.25, 0.3) is 5.91 Å². The first kappa shape index (κ1) is 22.2.